The van der Waals surface area contributed by atoms with Crippen molar-refractivity contribution in [3.05, 3.63) is 47.5 Å². The monoisotopic (exact) mass is 219 g/mol. The van der Waals surface area contributed by atoms with E-state index in [1.807, 2.05) is 6.08 Å². The molecular weight excluding hydrogens is 198 g/mol. The number of aliphatic hydroxyl groups is 1. The molecule has 88 valence electrons. The third kappa shape index (κ3) is 3.80. The molecule has 1 N–H and O–H groups in total. The van der Waals surface area contributed by atoms with Gasteiger partial charge in [-0.15, -0.1) is 6.58 Å². The van der Waals surface area contributed by atoms with Crippen LogP contribution in [0.2, 0.25) is 0 Å². The molecule has 0 amide bonds. The van der Waals surface area contributed by atoms with Crippen LogP contribution >= 0.6 is 0 Å². The van der Waals surface area contributed by atoms with Crippen LogP contribution in [0.5, 0.6) is 0 Å². The van der Waals surface area contributed by atoms with Gasteiger partial charge in [0.2, 0.25) is 0 Å². The Morgan fingerprint density at radius 1 is 1.38 bits per heavy atom. The van der Waals surface area contributed by atoms with Crippen molar-refractivity contribution in [3.8, 4) is 0 Å². The summed E-state index contributed by atoms with van der Waals surface area (Å²) in [5, 5.41) is 8.98. The number of hydrogen-bond acceptors (Lipinski definition) is 2. The molecule has 2 heteroatoms. The summed E-state index contributed by atoms with van der Waals surface area (Å²) < 4.78 is 0. The number of benzene rings is 1. The van der Waals surface area contributed by atoms with Crippen LogP contribution < -0.4 is 0 Å². The maximum absolute atomic E-state index is 8.98. The quantitative estimate of drug-likeness (QED) is 0.742. The van der Waals surface area contributed by atoms with Crippen molar-refractivity contribution < 1.29 is 5.11 Å². The zero-order chi connectivity index (χ0) is 12.0. The summed E-state index contributed by atoms with van der Waals surface area (Å²) in [4.78, 5) is 2.19. The van der Waals surface area contributed by atoms with Crippen LogP contribution in [0.1, 0.15) is 16.7 Å². The van der Waals surface area contributed by atoms with Crippen molar-refractivity contribution in [2.75, 3.05) is 19.7 Å². The van der Waals surface area contributed by atoms with Crippen molar-refractivity contribution in [2.45, 2.75) is 20.4 Å². The molecule has 0 aliphatic carbocycles. The molecule has 2 nitrogen and oxygen atoms in total. The van der Waals surface area contributed by atoms with E-state index >= 15 is 0 Å². The maximum Gasteiger partial charge on any atom is 0.0558 e. The molecule has 16 heavy (non-hydrogen) atoms. The summed E-state index contributed by atoms with van der Waals surface area (Å²) in [7, 11) is 0. The van der Waals surface area contributed by atoms with E-state index < -0.39 is 0 Å². The fourth-order valence-electron chi connectivity index (χ4n) is 1.82. The Morgan fingerprint density at radius 3 is 2.69 bits per heavy atom. The van der Waals surface area contributed by atoms with Crippen LogP contribution in [0.25, 0.3) is 0 Å². The van der Waals surface area contributed by atoms with Gasteiger partial charge in [0, 0.05) is 19.6 Å². The molecule has 0 saturated carbocycles. The molecule has 0 aromatic heterocycles. The number of aryl methyl sites for hydroxylation is 2. The van der Waals surface area contributed by atoms with E-state index in [2.05, 4.69) is 43.5 Å². The Bertz CT molecular complexity index is 347. The highest BCUT2D eigenvalue weighted by Crippen LogP contribution is 2.12. The number of hydrogen-bond donors (Lipinski definition) is 1. The van der Waals surface area contributed by atoms with Gasteiger partial charge in [-0.05, 0) is 25.0 Å². The first-order valence-corrected chi connectivity index (χ1v) is 5.67. The van der Waals surface area contributed by atoms with Gasteiger partial charge in [0.25, 0.3) is 0 Å². The zero-order valence-corrected chi connectivity index (χ0v) is 10.2. The van der Waals surface area contributed by atoms with Crippen molar-refractivity contribution in [1.82, 2.24) is 4.90 Å². The average Bonchev–Trinajstić information content (AvgIpc) is 2.23. The third-order valence-electron chi connectivity index (χ3n) is 2.70. The predicted molar refractivity (Wildman–Crippen MR) is 68.5 cm³/mol. The Hall–Kier alpha value is -1.12. The predicted octanol–water partition coefficient (Wildman–Crippen LogP) is 2.28. The fraction of sp³-hybridized carbons (Fsp3) is 0.429. The summed E-state index contributed by atoms with van der Waals surface area (Å²) >= 11 is 0. The van der Waals surface area contributed by atoms with E-state index in [1.54, 1.807) is 0 Å². The van der Waals surface area contributed by atoms with Gasteiger partial charge in [-0.1, -0.05) is 29.8 Å². The minimum absolute atomic E-state index is 0.193. The van der Waals surface area contributed by atoms with Crippen LogP contribution in [0.15, 0.2) is 30.9 Å². The van der Waals surface area contributed by atoms with Crippen molar-refractivity contribution in [3.63, 3.8) is 0 Å². The van der Waals surface area contributed by atoms with Crippen molar-refractivity contribution in [2.24, 2.45) is 0 Å². The van der Waals surface area contributed by atoms with E-state index in [0.717, 1.165) is 13.1 Å². The topological polar surface area (TPSA) is 23.5 Å². The molecule has 1 rings (SSSR count). The Morgan fingerprint density at radius 2 is 2.12 bits per heavy atom. The van der Waals surface area contributed by atoms with Gasteiger partial charge < -0.3 is 5.11 Å². The maximum atomic E-state index is 8.98. The molecule has 0 bridgehead atoms. The third-order valence-corrected chi connectivity index (χ3v) is 2.70. The number of aliphatic hydroxyl groups excluding tert-OH is 1. The number of nitrogens with zero attached hydrogens (tertiary/aromatic N) is 1. The molecule has 0 aliphatic rings. The summed E-state index contributed by atoms with van der Waals surface area (Å²) in [6.07, 6.45) is 1.87. The van der Waals surface area contributed by atoms with E-state index in [1.165, 1.54) is 16.7 Å². The van der Waals surface area contributed by atoms with Crippen LogP contribution in [-0.2, 0) is 6.54 Å². The first-order chi connectivity index (χ1) is 7.67. The van der Waals surface area contributed by atoms with Gasteiger partial charge in [-0.3, -0.25) is 4.90 Å². The molecule has 1 aromatic carbocycles. The van der Waals surface area contributed by atoms with Crippen molar-refractivity contribution in [1.29, 1.82) is 0 Å². The second kappa shape index (κ2) is 6.46. The second-order valence-electron chi connectivity index (χ2n) is 4.18. The fourth-order valence-corrected chi connectivity index (χ4v) is 1.82. The van der Waals surface area contributed by atoms with Crippen LogP contribution in [-0.4, -0.2) is 29.7 Å². The molecule has 0 spiro atoms. The lowest BCUT2D eigenvalue weighted by Crippen LogP contribution is -2.26. The summed E-state index contributed by atoms with van der Waals surface area (Å²) in [6, 6.07) is 6.49. The molecule has 0 atom stereocenters. The van der Waals surface area contributed by atoms with E-state index in [4.69, 9.17) is 5.11 Å². The Kier molecular flexibility index (Phi) is 5.23. The van der Waals surface area contributed by atoms with Crippen LogP contribution in [0, 0.1) is 13.8 Å². The normalized spacial score (nSPS) is 10.8. The van der Waals surface area contributed by atoms with Crippen molar-refractivity contribution >= 4 is 0 Å². The lowest BCUT2D eigenvalue weighted by Gasteiger charge is -2.20. The van der Waals surface area contributed by atoms with E-state index in [9.17, 15) is 0 Å². The van der Waals surface area contributed by atoms with Gasteiger partial charge >= 0.3 is 0 Å². The SMILES string of the molecule is C=CCN(CCO)Cc1ccc(C)cc1C. The smallest absolute Gasteiger partial charge is 0.0558 e. The number of rotatable bonds is 6. The standard InChI is InChI=1S/C14H21NO/c1-4-7-15(8-9-16)11-14-6-5-12(2)10-13(14)3/h4-6,10,16H,1,7-9,11H2,2-3H3. The Labute approximate surface area is 98.2 Å². The van der Waals surface area contributed by atoms with E-state index in [-0.39, 0.29) is 6.61 Å². The van der Waals surface area contributed by atoms with Gasteiger partial charge in [-0.25, -0.2) is 0 Å². The van der Waals surface area contributed by atoms with Gasteiger partial charge in [0.15, 0.2) is 0 Å². The highest BCUT2D eigenvalue weighted by molar-refractivity contribution is 5.30. The largest absolute Gasteiger partial charge is 0.395 e. The molecule has 0 saturated heterocycles. The summed E-state index contributed by atoms with van der Waals surface area (Å²) in [5.41, 5.74) is 3.92. The lowest BCUT2D eigenvalue weighted by atomic mass is 10.1. The first-order valence-electron chi connectivity index (χ1n) is 5.67. The first kappa shape index (κ1) is 12.9. The molecular formula is C14H21NO. The minimum Gasteiger partial charge on any atom is -0.395 e. The molecule has 0 fully saturated rings. The van der Waals surface area contributed by atoms with Gasteiger partial charge in [-0.2, -0.15) is 0 Å². The van der Waals surface area contributed by atoms with E-state index in [0.29, 0.717) is 6.54 Å². The zero-order valence-electron chi connectivity index (χ0n) is 10.2. The average molecular weight is 219 g/mol. The molecule has 1 aromatic rings. The molecule has 0 unspecified atom stereocenters. The van der Waals surface area contributed by atoms with Crippen LogP contribution in [0.3, 0.4) is 0 Å². The van der Waals surface area contributed by atoms with Crippen LogP contribution in [0.4, 0.5) is 0 Å². The summed E-state index contributed by atoms with van der Waals surface area (Å²) in [6.45, 7) is 10.5. The Balaban J connectivity index is 2.72. The van der Waals surface area contributed by atoms with Gasteiger partial charge in [0.05, 0.1) is 6.61 Å². The summed E-state index contributed by atoms with van der Waals surface area (Å²) in [5.74, 6) is 0. The molecule has 0 heterocycles. The highest BCUT2D eigenvalue weighted by atomic mass is 16.3. The molecule has 0 aliphatic heterocycles. The minimum atomic E-state index is 0.193. The second-order valence-corrected chi connectivity index (χ2v) is 4.18. The van der Waals surface area contributed by atoms with Gasteiger partial charge in [0.1, 0.15) is 0 Å². The highest BCUT2D eigenvalue weighted by Gasteiger charge is 2.05. The molecule has 0 radical (unpaired) electrons. The lowest BCUT2D eigenvalue weighted by molar-refractivity contribution is 0.203.